The summed E-state index contributed by atoms with van der Waals surface area (Å²) < 4.78 is 2.23. The van der Waals surface area contributed by atoms with E-state index in [1.54, 1.807) is 0 Å². The van der Waals surface area contributed by atoms with Crippen LogP contribution in [0.1, 0.15) is 74.1 Å². The molecular formula is C22H33N3O. The van der Waals surface area contributed by atoms with Crippen molar-refractivity contribution < 1.29 is 5.11 Å². The van der Waals surface area contributed by atoms with Crippen LogP contribution in [0.5, 0.6) is 0 Å². The highest BCUT2D eigenvalue weighted by atomic mass is 16.3. The molecule has 1 N–H and O–H groups in total. The van der Waals surface area contributed by atoms with Crippen molar-refractivity contribution in [2.75, 3.05) is 19.7 Å². The predicted molar refractivity (Wildman–Crippen MR) is 107 cm³/mol. The monoisotopic (exact) mass is 355 g/mol. The van der Waals surface area contributed by atoms with Crippen LogP contribution < -0.4 is 0 Å². The van der Waals surface area contributed by atoms with E-state index in [1.807, 2.05) is 6.20 Å². The minimum absolute atomic E-state index is 0.102. The largest absolute Gasteiger partial charge is 0.394 e. The number of nitrogens with zero attached hydrogens (tertiary/aromatic N) is 3. The van der Waals surface area contributed by atoms with Gasteiger partial charge in [-0.1, -0.05) is 38.1 Å². The molecule has 1 aliphatic rings. The van der Waals surface area contributed by atoms with E-state index in [9.17, 15) is 5.11 Å². The first-order valence-electron chi connectivity index (χ1n) is 9.95. The van der Waals surface area contributed by atoms with Gasteiger partial charge in [0, 0.05) is 24.4 Å². The van der Waals surface area contributed by atoms with Gasteiger partial charge in [0.1, 0.15) is 5.82 Å². The zero-order valence-corrected chi connectivity index (χ0v) is 16.7. The molecule has 26 heavy (non-hydrogen) atoms. The van der Waals surface area contributed by atoms with Crippen LogP contribution in [0, 0.1) is 6.92 Å². The third kappa shape index (κ3) is 4.18. The highest BCUT2D eigenvalue weighted by Crippen LogP contribution is 2.30. The number of imidazole rings is 1. The summed E-state index contributed by atoms with van der Waals surface area (Å²) in [5, 5.41) is 9.56. The van der Waals surface area contributed by atoms with Gasteiger partial charge < -0.3 is 9.67 Å². The van der Waals surface area contributed by atoms with Crippen LogP contribution >= 0.6 is 0 Å². The number of aliphatic hydroxyl groups excluding tert-OH is 1. The highest BCUT2D eigenvalue weighted by molar-refractivity contribution is 5.24. The third-order valence-electron chi connectivity index (χ3n) is 5.72. The average Bonchev–Trinajstić information content (AvgIpc) is 3.03. The van der Waals surface area contributed by atoms with Crippen LogP contribution in [0.2, 0.25) is 0 Å². The van der Waals surface area contributed by atoms with Gasteiger partial charge in [-0.25, -0.2) is 4.98 Å². The van der Waals surface area contributed by atoms with Crippen molar-refractivity contribution in [1.82, 2.24) is 14.5 Å². The lowest BCUT2D eigenvalue weighted by Gasteiger charge is -2.32. The third-order valence-corrected chi connectivity index (χ3v) is 5.72. The smallest absolute Gasteiger partial charge is 0.112 e. The Kier molecular flexibility index (Phi) is 6.15. The average molecular weight is 356 g/mol. The van der Waals surface area contributed by atoms with Crippen molar-refractivity contribution >= 4 is 0 Å². The first kappa shape index (κ1) is 19.1. The second-order valence-corrected chi connectivity index (χ2v) is 8.11. The maximum atomic E-state index is 9.56. The van der Waals surface area contributed by atoms with Crippen LogP contribution in [-0.4, -0.2) is 39.3 Å². The fourth-order valence-corrected chi connectivity index (χ4v) is 4.04. The van der Waals surface area contributed by atoms with Crippen molar-refractivity contribution in [1.29, 1.82) is 0 Å². The fraction of sp³-hybridized carbons (Fsp3) is 0.591. The zero-order valence-electron chi connectivity index (χ0n) is 16.7. The summed E-state index contributed by atoms with van der Waals surface area (Å²) in [6.07, 6.45) is 4.22. The molecule has 1 fully saturated rings. The molecule has 0 spiro atoms. The Hall–Kier alpha value is -1.65. The number of benzene rings is 1. The van der Waals surface area contributed by atoms with E-state index in [1.165, 1.54) is 11.1 Å². The normalized spacial score (nSPS) is 17.8. The molecule has 3 rings (SSSR count). The summed E-state index contributed by atoms with van der Waals surface area (Å²) in [6, 6.07) is 9.19. The summed E-state index contributed by atoms with van der Waals surface area (Å²) >= 11 is 0. The van der Waals surface area contributed by atoms with Crippen molar-refractivity contribution in [3.8, 4) is 0 Å². The molecule has 1 aromatic carbocycles. The molecule has 1 aliphatic heterocycles. The van der Waals surface area contributed by atoms with Gasteiger partial charge in [-0.2, -0.15) is 0 Å². The summed E-state index contributed by atoms with van der Waals surface area (Å²) in [7, 11) is 0. The second kappa shape index (κ2) is 8.36. The quantitative estimate of drug-likeness (QED) is 0.842. The molecule has 2 aromatic rings. The molecule has 0 unspecified atom stereocenters. The van der Waals surface area contributed by atoms with Gasteiger partial charge in [-0.3, -0.25) is 4.90 Å². The Morgan fingerprint density at radius 3 is 2.35 bits per heavy atom. The Bertz CT molecular complexity index is 697. The number of rotatable bonds is 6. The van der Waals surface area contributed by atoms with Gasteiger partial charge in [0.15, 0.2) is 0 Å². The SMILES string of the molecule is Cc1cnc(C2CCN(Cc3ccc(C(C)C)cc3)CC2)n1[C@H](C)CO. The summed E-state index contributed by atoms with van der Waals surface area (Å²) in [5.74, 6) is 2.25. The Morgan fingerprint density at radius 2 is 1.77 bits per heavy atom. The minimum Gasteiger partial charge on any atom is -0.394 e. The Labute approximate surface area is 157 Å². The van der Waals surface area contributed by atoms with Crippen molar-refractivity contribution in [2.45, 2.75) is 65.0 Å². The summed E-state index contributed by atoms with van der Waals surface area (Å²) in [4.78, 5) is 7.23. The summed E-state index contributed by atoms with van der Waals surface area (Å²) in [6.45, 7) is 12.0. The molecule has 0 saturated carbocycles. The number of aliphatic hydroxyl groups is 1. The van der Waals surface area contributed by atoms with E-state index in [4.69, 9.17) is 0 Å². The van der Waals surface area contributed by atoms with Crippen LogP contribution in [0.3, 0.4) is 0 Å². The van der Waals surface area contributed by atoms with Crippen molar-refractivity contribution in [3.05, 3.63) is 53.1 Å². The van der Waals surface area contributed by atoms with Gasteiger partial charge in [0.25, 0.3) is 0 Å². The standard InChI is InChI=1S/C22H33N3O/c1-16(2)20-7-5-19(6-8-20)14-24-11-9-21(10-12-24)22-23-13-17(3)25(22)18(4)15-26/h5-8,13,16,18,21,26H,9-12,14-15H2,1-4H3/t18-/m1/s1. The molecule has 0 radical (unpaired) electrons. The first-order chi connectivity index (χ1) is 12.5. The number of hydrogen-bond acceptors (Lipinski definition) is 3. The van der Waals surface area contributed by atoms with E-state index in [0.29, 0.717) is 11.8 Å². The van der Waals surface area contributed by atoms with E-state index in [-0.39, 0.29) is 12.6 Å². The molecule has 2 heterocycles. The van der Waals surface area contributed by atoms with Gasteiger partial charge in [-0.05, 0) is 56.8 Å². The second-order valence-electron chi connectivity index (χ2n) is 8.11. The van der Waals surface area contributed by atoms with Gasteiger partial charge in [0.05, 0.1) is 12.6 Å². The Morgan fingerprint density at radius 1 is 1.12 bits per heavy atom. The molecule has 1 atom stereocenters. The number of piperidine rings is 1. The van der Waals surface area contributed by atoms with E-state index < -0.39 is 0 Å². The van der Waals surface area contributed by atoms with E-state index in [2.05, 4.69) is 66.4 Å². The first-order valence-corrected chi connectivity index (χ1v) is 9.95. The lowest BCUT2D eigenvalue weighted by molar-refractivity contribution is 0.193. The van der Waals surface area contributed by atoms with E-state index in [0.717, 1.165) is 44.0 Å². The van der Waals surface area contributed by atoms with Crippen LogP contribution in [0.15, 0.2) is 30.5 Å². The Balaban J connectivity index is 1.59. The van der Waals surface area contributed by atoms with Crippen molar-refractivity contribution in [2.24, 2.45) is 0 Å². The molecule has 1 saturated heterocycles. The number of aryl methyl sites for hydroxylation is 1. The maximum absolute atomic E-state index is 9.56. The number of hydrogen-bond donors (Lipinski definition) is 1. The fourth-order valence-electron chi connectivity index (χ4n) is 4.04. The van der Waals surface area contributed by atoms with Crippen molar-refractivity contribution in [3.63, 3.8) is 0 Å². The zero-order chi connectivity index (χ0) is 18.7. The molecule has 4 heteroatoms. The molecule has 4 nitrogen and oxygen atoms in total. The molecule has 1 aromatic heterocycles. The van der Waals surface area contributed by atoms with Gasteiger partial charge >= 0.3 is 0 Å². The predicted octanol–water partition coefficient (Wildman–Crippen LogP) is 4.25. The van der Waals surface area contributed by atoms with Gasteiger partial charge in [0.2, 0.25) is 0 Å². The molecule has 0 bridgehead atoms. The van der Waals surface area contributed by atoms with E-state index >= 15 is 0 Å². The lowest BCUT2D eigenvalue weighted by Crippen LogP contribution is -2.33. The highest BCUT2D eigenvalue weighted by Gasteiger charge is 2.26. The maximum Gasteiger partial charge on any atom is 0.112 e. The number of aromatic nitrogens is 2. The molecule has 0 amide bonds. The topological polar surface area (TPSA) is 41.3 Å². The lowest BCUT2D eigenvalue weighted by atomic mass is 9.95. The molecule has 142 valence electrons. The van der Waals surface area contributed by atoms with Gasteiger partial charge in [-0.15, -0.1) is 0 Å². The molecule has 0 aliphatic carbocycles. The van der Waals surface area contributed by atoms with Crippen LogP contribution in [0.4, 0.5) is 0 Å². The van der Waals surface area contributed by atoms with Crippen LogP contribution in [-0.2, 0) is 6.54 Å². The minimum atomic E-state index is 0.102. The summed E-state index contributed by atoms with van der Waals surface area (Å²) in [5.41, 5.74) is 3.96. The van der Waals surface area contributed by atoms with Crippen LogP contribution in [0.25, 0.3) is 0 Å². The molecular weight excluding hydrogens is 322 g/mol. The number of likely N-dealkylation sites (tertiary alicyclic amines) is 1.